The van der Waals surface area contributed by atoms with Gasteiger partial charge < -0.3 is 9.80 Å². The lowest BCUT2D eigenvalue weighted by atomic mass is 10.2. The van der Waals surface area contributed by atoms with Crippen molar-refractivity contribution in [2.24, 2.45) is 0 Å². The zero-order chi connectivity index (χ0) is 13.9. The maximum Gasteiger partial charge on any atom is 0.225 e. The Morgan fingerprint density at radius 2 is 1.55 bits per heavy atom. The predicted molar refractivity (Wildman–Crippen MR) is 77.9 cm³/mol. The number of piperazine rings is 1. The first-order chi connectivity index (χ1) is 9.74. The Kier molecular flexibility index (Phi) is 3.69. The highest BCUT2D eigenvalue weighted by molar-refractivity contribution is 6.30. The third kappa shape index (κ3) is 2.67. The van der Waals surface area contributed by atoms with E-state index in [1.807, 2.05) is 17.0 Å². The lowest BCUT2D eigenvalue weighted by molar-refractivity contribution is 0.594. The average molecular weight is 293 g/mol. The highest BCUT2D eigenvalue weighted by Crippen LogP contribution is 2.21. The van der Waals surface area contributed by atoms with Crippen LogP contribution in [0.4, 0.5) is 16.0 Å². The van der Waals surface area contributed by atoms with E-state index in [9.17, 15) is 4.39 Å². The Morgan fingerprint density at radius 3 is 2.20 bits per heavy atom. The fourth-order valence-electron chi connectivity index (χ4n) is 2.32. The summed E-state index contributed by atoms with van der Waals surface area (Å²) in [6, 6.07) is 6.86. The molecule has 4 nitrogen and oxygen atoms in total. The molecule has 1 saturated heterocycles. The summed E-state index contributed by atoms with van der Waals surface area (Å²) in [5, 5.41) is 0.527. The molecule has 1 aromatic heterocycles. The molecular formula is C14H14ClFN4. The van der Waals surface area contributed by atoms with Crippen molar-refractivity contribution in [2.75, 3.05) is 36.0 Å². The number of aromatic nitrogens is 2. The van der Waals surface area contributed by atoms with Crippen LogP contribution in [0.3, 0.4) is 0 Å². The smallest absolute Gasteiger partial charge is 0.225 e. The van der Waals surface area contributed by atoms with Crippen molar-refractivity contribution in [1.29, 1.82) is 0 Å². The second kappa shape index (κ2) is 5.63. The minimum atomic E-state index is -0.177. The Hall–Kier alpha value is -1.88. The van der Waals surface area contributed by atoms with Crippen molar-refractivity contribution in [3.63, 3.8) is 0 Å². The number of hydrogen-bond donors (Lipinski definition) is 0. The fourth-order valence-corrected chi connectivity index (χ4v) is 2.42. The monoisotopic (exact) mass is 292 g/mol. The van der Waals surface area contributed by atoms with E-state index in [-0.39, 0.29) is 5.82 Å². The van der Waals surface area contributed by atoms with Gasteiger partial charge in [-0.25, -0.2) is 14.4 Å². The van der Waals surface area contributed by atoms with E-state index in [0.717, 1.165) is 26.2 Å². The summed E-state index contributed by atoms with van der Waals surface area (Å²) in [4.78, 5) is 12.5. The highest BCUT2D eigenvalue weighted by atomic mass is 35.5. The van der Waals surface area contributed by atoms with E-state index in [1.54, 1.807) is 18.5 Å². The minimum absolute atomic E-state index is 0.177. The van der Waals surface area contributed by atoms with Gasteiger partial charge in [0.2, 0.25) is 5.95 Å². The largest absolute Gasteiger partial charge is 0.366 e. The number of para-hydroxylation sites is 1. The SMILES string of the molecule is Fc1ccccc1N1CCN(c2ncc(Cl)cn2)CC1. The molecule has 1 aliphatic rings. The van der Waals surface area contributed by atoms with Crippen LogP contribution in [0.25, 0.3) is 0 Å². The van der Waals surface area contributed by atoms with Gasteiger partial charge in [0, 0.05) is 26.2 Å². The number of benzene rings is 1. The van der Waals surface area contributed by atoms with E-state index in [4.69, 9.17) is 11.6 Å². The molecular weight excluding hydrogens is 279 g/mol. The number of anilines is 2. The molecule has 1 aromatic carbocycles. The molecule has 0 bridgehead atoms. The Bertz CT molecular complexity index is 582. The van der Waals surface area contributed by atoms with Crippen molar-refractivity contribution < 1.29 is 4.39 Å². The van der Waals surface area contributed by atoms with Crippen LogP contribution in [0, 0.1) is 5.82 Å². The van der Waals surface area contributed by atoms with E-state index in [2.05, 4.69) is 14.9 Å². The lowest BCUT2D eigenvalue weighted by Crippen LogP contribution is -2.47. The van der Waals surface area contributed by atoms with Crippen LogP contribution in [0.15, 0.2) is 36.7 Å². The highest BCUT2D eigenvalue weighted by Gasteiger charge is 2.20. The molecule has 1 fully saturated rings. The van der Waals surface area contributed by atoms with Gasteiger partial charge in [0.15, 0.2) is 0 Å². The van der Waals surface area contributed by atoms with Gasteiger partial charge in [0.25, 0.3) is 0 Å². The molecule has 0 unspecified atom stereocenters. The molecule has 20 heavy (non-hydrogen) atoms. The summed E-state index contributed by atoms with van der Waals surface area (Å²) < 4.78 is 13.7. The average Bonchev–Trinajstić information content (AvgIpc) is 2.49. The molecule has 0 spiro atoms. The summed E-state index contributed by atoms with van der Waals surface area (Å²) in [7, 11) is 0. The maximum atomic E-state index is 13.7. The zero-order valence-corrected chi connectivity index (χ0v) is 11.6. The maximum absolute atomic E-state index is 13.7. The normalized spacial score (nSPS) is 15.5. The first-order valence-corrected chi connectivity index (χ1v) is 6.84. The van der Waals surface area contributed by atoms with Crippen molar-refractivity contribution in [2.45, 2.75) is 0 Å². The number of rotatable bonds is 2. The van der Waals surface area contributed by atoms with Crippen LogP contribution < -0.4 is 9.80 Å². The molecule has 2 aromatic rings. The number of hydrogen-bond acceptors (Lipinski definition) is 4. The van der Waals surface area contributed by atoms with Gasteiger partial charge in [0.05, 0.1) is 23.1 Å². The van der Waals surface area contributed by atoms with Crippen LogP contribution in [0.2, 0.25) is 5.02 Å². The quantitative estimate of drug-likeness (QED) is 0.852. The van der Waals surface area contributed by atoms with Crippen LogP contribution in [-0.4, -0.2) is 36.1 Å². The first-order valence-electron chi connectivity index (χ1n) is 6.46. The molecule has 6 heteroatoms. The molecule has 0 aliphatic carbocycles. The third-order valence-corrected chi connectivity index (χ3v) is 3.56. The van der Waals surface area contributed by atoms with Gasteiger partial charge in [-0.15, -0.1) is 0 Å². The van der Waals surface area contributed by atoms with E-state index in [1.165, 1.54) is 6.07 Å². The molecule has 1 aliphatic heterocycles. The van der Waals surface area contributed by atoms with Crippen molar-refractivity contribution in [3.8, 4) is 0 Å². The van der Waals surface area contributed by atoms with E-state index in [0.29, 0.717) is 16.7 Å². The third-order valence-electron chi connectivity index (χ3n) is 3.36. The van der Waals surface area contributed by atoms with E-state index >= 15 is 0 Å². The number of nitrogens with zero attached hydrogens (tertiary/aromatic N) is 4. The van der Waals surface area contributed by atoms with Gasteiger partial charge in [-0.05, 0) is 12.1 Å². The van der Waals surface area contributed by atoms with Crippen LogP contribution in [-0.2, 0) is 0 Å². The molecule has 0 N–H and O–H groups in total. The first kappa shape index (κ1) is 13.1. The fraction of sp³-hybridized carbons (Fsp3) is 0.286. The summed E-state index contributed by atoms with van der Waals surface area (Å²) in [6.45, 7) is 3.01. The summed E-state index contributed by atoms with van der Waals surface area (Å²) in [5.41, 5.74) is 0.657. The van der Waals surface area contributed by atoms with Crippen LogP contribution in [0.5, 0.6) is 0 Å². The van der Waals surface area contributed by atoms with Gasteiger partial charge >= 0.3 is 0 Å². The Morgan fingerprint density at radius 1 is 0.950 bits per heavy atom. The molecule has 104 valence electrons. The molecule has 0 saturated carbocycles. The molecule has 0 atom stereocenters. The molecule has 0 amide bonds. The molecule has 0 radical (unpaired) electrons. The van der Waals surface area contributed by atoms with Crippen LogP contribution in [0.1, 0.15) is 0 Å². The Labute approximate surface area is 121 Å². The lowest BCUT2D eigenvalue weighted by Gasteiger charge is -2.36. The topological polar surface area (TPSA) is 32.3 Å². The van der Waals surface area contributed by atoms with Crippen molar-refractivity contribution in [1.82, 2.24) is 9.97 Å². The Balaban J connectivity index is 1.68. The second-order valence-electron chi connectivity index (χ2n) is 4.63. The predicted octanol–water partition coefficient (Wildman–Crippen LogP) is 2.60. The minimum Gasteiger partial charge on any atom is -0.366 e. The van der Waals surface area contributed by atoms with E-state index < -0.39 is 0 Å². The van der Waals surface area contributed by atoms with Gasteiger partial charge in [0.1, 0.15) is 5.82 Å². The van der Waals surface area contributed by atoms with Gasteiger partial charge in [-0.2, -0.15) is 0 Å². The number of halogens is 2. The molecule has 2 heterocycles. The van der Waals surface area contributed by atoms with Crippen molar-refractivity contribution in [3.05, 3.63) is 47.5 Å². The summed E-state index contributed by atoms with van der Waals surface area (Å²) in [5.74, 6) is 0.492. The summed E-state index contributed by atoms with van der Waals surface area (Å²) in [6.07, 6.45) is 3.18. The summed E-state index contributed by atoms with van der Waals surface area (Å²) >= 11 is 5.78. The zero-order valence-electron chi connectivity index (χ0n) is 10.8. The second-order valence-corrected chi connectivity index (χ2v) is 5.06. The van der Waals surface area contributed by atoms with Gasteiger partial charge in [-0.1, -0.05) is 23.7 Å². The standard InChI is InChI=1S/C14H14ClFN4/c15-11-9-17-14(18-10-11)20-7-5-19(6-8-20)13-4-2-1-3-12(13)16/h1-4,9-10H,5-8H2. The van der Waals surface area contributed by atoms with Crippen LogP contribution >= 0.6 is 11.6 Å². The van der Waals surface area contributed by atoms with Crippen molar-refractivity contribution >= 4 is 23.2 Å². The molecule has 3 rings (SSSR count). The van der Waals surface area contributed by atoms with Gasteiger partial charge in [-0.3, -0.25) is 0 Å².